The molecule has 3 nitrogen and oxygen atoms in total. The Kier molecular flexibility index (Phi) is 5.37. The number of benzene rings is 1. The molecule has 0 amide bonds. The second-order valence-electron chi connectivity index (χ2n) is 5.41. The summed E-state index contributed by atoms with van der Waals surface area (Å²) >= 11 is 0. The first-order valence-electron chi connectivity index (χ1n) is 7.17. The van der Waals surface area contributed by atoms with Crippen LogP contribution in [0, 0.1) is 23.1 Å². The second kappa shape index (κ2) is 7.25. The van der Waals surface area contributed by atoms with Crippen molar-refractivity contribution < 1.29 is 14.2 Å². The molecular weight excluding hydrogens is 257 g/mol. The standard InChI is InChI=1S/C16H20FNO2/c17-14-8-13(16(19)6-7-18)9-15(10-14)20-11-12-4-2-1-3-5-12/h8-10,12,16,19H,1-6,11H2. The zero-order chi connectivity index (χ0) is 14.4. The van der Waals surface area contributed by atoms with E-state index in [9.17, 15) is 9.50 Å². The summed E-state index contributed by atoms with van der Waals surface area (Å²) in [4.78, 5) is 0. The van der Waals surface area contributed by atoms with Crippen molar-refractivity contribution in [3.05, 3.63) is 29.6 Å². The Morgan fingerprint density at radius 2 is 2.05 bits per heavy atom. The van der Waals surface area contributed by atoms with Gasteiger partial charge in [0, 0.05) is 6.07 Å². The molecule has 1 aromatic carbocycles. The maximum Gasteiger partial charge on any atom is 0.127 e. The summed E-state index contributed by atoms with van der Waals surface area (Å²) < 4.78 is 19.2. The van der Waals surface area contributed by atoms with Crippen molar-refractivity contribution in [1.82, 2.24) is 0 Å². The fourth-order valence-electron chi connectivity index (χ4n) is 2.63. The third kappa shape index (κ3) is 4.21. The molecule has 0 heterocycles. The van der Waals surface area contributed by atoms with E-state index in [1.54, 1.807) is 6.07 Å². The Hall–Kier alpha value is -1.60. The molecule has 4 heteroatoms. The number of aliphatic hydroxyl groups excluding tert-OH is 1. The molecule has 1 N–H and O–H groups in total. The largest absolute Gasteiger partial charge is 0.493 e. The van der Waals surface area contributed by atoms with Gasteiger partial charge in [0.2, 0.25) is 0 Å². The van der Waals surface area contributed by atoms with Gasteiger partial charge >= 0.3 is 0 Å². The Balaban J connectivity index is 1.98. The van der Waals surface area contributed by atoms with Crippen LogP contribution in [0.5, 0.6) is 5.75 Å². The predicted molar refractivity (Wildman–Crippen MR) is 73.7 cm³/mol. The van der Waals surface area contributed by atoms with Gasteiger partial charge in [0.25, 0.3) is 0 Å². The lowest BCUT2D eigenvalue weighted by Gasteiger charge is -2.22. The summed E-state index contributed by atoms with van der Waals surface area (Å²) in [5, 5.41) is 18.3. The number of rotatable bonds is 5. The first-order chi connectivity index (χ1) is 9.69. The number of aliphatic hydroxyl groups is 1. The molecule has 0 bridgehead atoms. The lowest BCUT2D eigenvalue weighted by atomic mass is 9.90. The van der Waals surface area contributed by atoms with Crippen molar-refractivity contribution in [3.8, 4) is 11.8 Å². The van der Waals surface area contributed by atoms with E-state index < -0.39 is 11.9 Å². The number of ether oxygens (including phenoxy) is 1. The third-order valence-corrected chi connectivity index (χ3v) is 3.77. The minimum atomic E-state index is -0.965. The van der Waals surface area contributed by atoms with Crippen LogP contribution >= 0.6 is 0 Å². The summed E-state index contributed by atoms with van der Waals surface area (Å²) in [6.07, 6.45) is 5.09. The van der Waals surface area contributed by atoms with E-state index in [0.717, 1.165) is 0 Å². The monoisotopic (exact) mass is 277 g/mol. The topological polar surface area (TPSA) is 53.2 Å². The number of nitrogens with zero attached hydrogens (tertiary/aromatic N) is 1. The number of hydrogen-bond acceptors (Lipinski definition) is 3. The van der Waals surface area contributed by atoms with Crippen molar-refractivity contribution >= 4 is 0 Å². The van der Waals surface area contributed by atoms with Crippen molar-refractivity contribution in [1.29, 1.82) is 5.26 Å². The molecule has 1 saturated carbocycles. The highest BCUT2D eigenvalue weighted by molar-refractivity contribution is 5.31. The maximum absolute atomic E-state index is 13.5. The Bertz CT molecular complexity index is 478. The van der Waals surface area contributed by atoms with Gasteiger partial charge in [-0.1, -0.05) is 19.3 Å². The Morgan fingerprint density at radius 3 is 2.75 bits per heavy atom. The van der Waals surface area contributed by atoms with Gasteiger partial charge in [-0.2, -0.15) is 5.26 Å². The average Bonchev–Trinajstić information content (AvgIpc) is 2.46. The highest BCUT2D eigenvalue weighted by atomic mass is 19.1. The fraction of sp³-hybridized carbons (Fsp3) is 0.562. The van der Waals surface area contributed by atoms with Gasteiger partial charge in [-0.25, -0.2) is 4.39 Å². The SMILES string of the molecule is N#CCC(O)c1cc(F)cc(OCC2CCCCC2)c1. The molecule has 0 saturated heterocycles. The summed E-state index contributed by atoms with van der Waals surface area (Å²) in [6.45, 7) is 0.594. The normalized spacial score (nSPS) is 17.4. The minimum Gasteiger partial charge on any atom is -0.493 e. The van der Waals surface area contributed by atoms with Gasteiger partial charge in [-0.3, -0.25) is 0 Å². The highest BCUT2D eigenvalue weighted by Crippen LogP contribution is 2.27. The average molecular weight is 277 g/mol. The van der Waals surface area contributed by atoms with Crippen LogP contribution < -0.4 is 4.74 Å². The number of hydrogen-bond donors (Lipinski definition) is 1. The van der Waals surface area contributed by atoms with Crippen LogP contribution in [0.2, 0.25) is 0 Å². The van der Waals surface area contributed by atoms with Crippen LogP contribution in [-0.2, 0) is 0 Å². The molecule has 20 heavy (non-hydrogen) atoms. The molecule has 0 radical (unpaired) electrons. The quantitative estimate of drug-likeness (QED) is 0.892. The van der Waals surface area contributed by atoms with Gasteiger partial charge in [-0.05, 0) is 36.5 Å². The third-order valence-electron chi connectivity index (χ3n) is 3.77. The molecule has 0 aromatic heterocycles. The molecule has 1 aliphatic carbocycles. The smallest absolute Gasteiger partial charge is 0.127 e. The number of nitriles is 1. The molecule has 1 atom stereocenters. The summed E-state index contributed by atoms with van der Waals surface area (Å²) in [5.74, 6) is 0.528. The lowest BCUT2D eigenvalue weighted by Crippen LogP contribution is -2.15. The van der Waals surface area contributed by atoms with E-state index in [-0.39, 0.29) is 6.42 Å². The summed E-state index contributed by atoms with van der Waals surface area (Å²) in [6, 6.07) is 6.06. The fourth-order valence-corrected chi connectivity index (χ4v) is 2.63. The van der Waals surface area contributed by atoms with Crippen LogP contribution in [-0.4, -0.2) is 11.7 Å². The van der Waals surface area contributed by atoms with E-state index in [4.69, 9.17) is 10.00 Å². The van der Waals surface area contributed by atoms with Gasteiger partial charge in [0.05, 0.1) is 25.2 Å². The molecule has 0 spiro atoms. The Morgan fingerprint density at radius 1 is 1.30 bits per heavy atom. The van der Waals surface area contributed by atoms with Crippen LogP contribution in [0.25, 0.3) is 0 Å². The summed E-state index contributed by atoms with van der Waals surface area (Å²) in [5.41, 5.74) is 0.394. The first-order valence-corrected chi connectivity index (χ1v) is 7.17. The van der Waals surface area contributed by atoms with Gasteiger partial charge in [-0.15, -0.1) is 0 Å². The van der Waals surface area contributed by atoms with Crippen molar-refractivity contribution in [2.24, 2.45) is 5.92 Å². The van der Waals surface area contributed by atoms with Crippen LogP contribution in [0.15, 0.2) is 18.2 Å². The van der Waals surface area contributed by atoms with E-state index in [0.29, 0.717) is 23.8 Å². The van der Waals surface area contributed by atoms with E-state index >= 15 is 0 Å². The Labute approximate surface area is 119 Å². The van der Waals surface area contributed by atoms with E-state index in [2.05, 4.69) is 0 Å². The maximum atomic E-state index is 13.5. The zero-order valence-corrected chi connectivity index (χ0v) is 11.5. The molecule has 1 fully saturated rings. The van der Waals surface area contributed by atoms with Crippen molar-refractivity contribution in [2.45, 2.75) is 44.6 Å². The van der Waals surface area contributed by atoms with Crippen LogP contribution in [0.4, 0.5) is 4.39 Å². The molecule has 1 aliphatic rings. The number of halogens is 1. The zero-order valence-electron chi connectivity index (χ0n) is 11.5. The molecule has 1 unspecified atom stereocenters. The van der Waals surface area contributed by atoms with Gasteiger partial charge in [0.15, 0.2) is 0 Å². The predicted octanol–water partition coefficient (Wildman–Crippen LogP) is 3.73. The second-order valence-corrected chi connectivity index (χ2v) is 5.41. The van der Waals surface area contributed by atoms with Gasteiger partial charge in [0.1, 0.15) is 11.6 Å². The van der Waals surface area contributed by atoms with Crippen molar-refractivity contribution in [3.63, 3.8) is 0 Å². The highest BCUT2D eigenvalue weighted by Gasteiger charge is 2.15. The molecule has 2 rings (SSSR count). The molecule has 1 aromatic rings. The van der Waals surface area contributed by atoms with Crippen molar-refractivity contribution in [2.75, 3.05) is 6.61 Å². The molecule has 108 valence electrons. The summed E-state index contributed by atoms with van der Waals surface area (Å²) in [7, 11) is 0. The van der Waals surface area contributed by atoms with Crippen LogP contribution in [0.1, 0.15) is 50.2 Å². The van der Waals surface area contributed by atoms with E-state index in [1.807, 2.05) is 6.07 Å². The lowest BCUT2D eigenvalue weighted by molar-refractivity contribution is 0.180. The first kappa shape index (κ1) is 14.8. The minimum absolute atomic E-state index is 0.0501. The molecular formula is C16H20FNO2. The van der Waals surface area contributed by atoms with Gasteiger partial charge < -0.3 is 9.84 Å². The van der Waals surface area contributed by atoms with Crippen LogP contribution in [0.3, 0.4) is 0 Å². The van der Waals surface area contributed by atoms with E-state index in [1.165, 1.54) is 44.2 Å². The molecule has 0 aliphatic heterocycles.